The number of thioether (sulfide) groups is 1. The van der Waals surface area contributed by atoms with E-state index in [1.54, 1.807) is 31.0 Å². The van der Waals surface area contributed by atoms with Gasteiger partial charge in [0.05, 0.1) is 6.54 Å². The van der Waals surface area contributed by atoms with Crippen LogP contribution in [0.2, 0.25) is 0 Å². The number of carbonyl (C=O) groups is 1. The number of halogens is 1. The number of hydrogen-bond donors (Lipinski definition) is 0. The molecule has 1 atom stereocenters. The molecule has 3 rings (SSSR count). The fourth-order valence-corrected chi connectivity index (χ4v) is 4.90. The van der Waals surface area contributed by atoms with Gasteiger partial charge in [0.25, 0.3) is 0 Å². The molecule has 0 aliphatic carbocycles. The molecule has 0 saturated carbocycles. The summed E-state index contributed by atoms with van der Waals surface area (Å²) in [6, 6.07) is 14.9. The second kappa shape index (κ2) is 10.8. The van der Waals surface area contributed by atoms with Crippen molar-refractivity contribution in [1.29, 1.82) is 0 Å². The normalized spacial score (nSPS) is 16.6. The highest BCUT2D eigenvalue weighted by atomic mass is 32.2. The Labute approximate surface area is 177 Å². The third kappa shape index (κ3) is 6.29. The van der Waals surface area contributed by atoms with Crippen LogP contribution in [0.5, 0.6) is 0 Å². The van der Waals surface area contributed by atoms with E-state index in [0.29, 0.717) is 13.2 Å². The summed E-state index contributed by atoms with van der Waals surface area (Å²) < 4.78 is 18.5. The minimum atomic E-state index is -0.253. The van der Waals surface area contributed by atoms with Gasteiger partial charge in [-0.3, -0.25) is 9.69 Å². The van der Waals surface area contributed by atoms with E-state index in [9.17, 15) is 9.18 Å². The molecule has 0 bridgehead atoms. The summed E-state index contributed by atoms with van der Waals surface area (Å²) in [7, 11) is 1.70. The molecule has 0 aromatic heterocycles. The summed E-state index contributed by atoms with van der Waals surface area (Å²) in [5.41, 5.74) is 3.41. The predicted octanol–water partition coefficient (Wildman–Crippen LogP) is 4.25. The lowest BCUT2D eigenvalue weighted by Gasteiger charge is -2.28. The lowest BCUT2D eigenvalue weighted by atomic mass is 10.1. The van der Waals surface area contributed by atoms with Crippen molar-refractivity contribution in [3.8, 4) is 0 Å². The number of carbonyl (C=O) groups excluding carboxylic acids is 1. The Morgan fingerprint density at radius 2 is 2.07 bits per heavy atom. The Morgan fingerprint density at radius 3 is 2.79 bits per heavy atom. The number of amides is 1. The molecular formula is C23H29FN2O2S. The first-order valence-electron chi connectivity index (χ1n) is 10.00. The third-order valence-corrected chi connectivity index (χ3v) is 6.30. The molecule has 0 unspecified atom stereocenters. The quantitative estimate of drug-likeness (QED) is 0.572. The van der Waals surface area contributed by atoms with Crippen LogP contribution in [0, 0.1) is 12.7 Å². The van der Waals surface area contributed by atoms with Gasteiger partial charge in [0.1, 0.15) is 11.2 Å². The van der Waals surface area contributed by atoms with Crippen molar-refractivity contribution in [1.82, 2.24) is 9.80 Å². The first-order chi connectivity index (χ1) is 14.1. The molecule has 2 aromatic rings. The topological polar surface area (TPSA) is 32.8 Å². The largest absolute Gasteiger partial charge is 0.385 e. The van der Waals surface area contributed by atoms with E-state index in [1.165, 1.54) is 23.3 Å². The number of hydrogen-bond acceptors (Lipinski definition) is 4. The molecule has 156 valence electrons. The molecule has 29 heavy (non-hydrogen) atoms. The van der Waals surface area contributed by atoms with Gasteiger partial charge in [-0.2, -0.15) is 0 Å². The highest BCUT2D eigenvalue weighted by Gasteiger charge is 2.31. The molecule has 0 radical (unpaired) electrons. The summed E-state index contributed by atoms with van der Waals surface area (Å²) in [6.07, 6.45) is 0.881. The average molecular weight is 417 g/mol. The Kier molecular flexibility index (Phi) is 8.09. The summed E-state index contributed by atoms with van der Waals surface area (Å²) in [5, 5.41) is -0.0390. The van der Waals surface area contributed by atoms with Crippen LogP contribution in [-0.4, -0.2) is 54.8 Å². The monoisotopic (exact) mass is 416 g/mol. The van der Waals surface area contributed by atoms with Gasteiger partial charge in [-0.25, -0.2) is 4.39 Å². The predicted molar refractivity (Wildman–Crippen MR) is 116 cm³/mol. The molecule has 0 spiro atoms. The van der Waals surface area contributed by atoms with Crippen molar-refractivity contribution in [2.24, 2.45) is 0 Å². The molecule has 4 nitrogen and oxygen atoms in total. The first kappa shape index (κ1) is 21.8. The zero-order valence-electron chi connectivity index (χ0n) is 17.1. The van der Waals surface area contributed by atoms with Crippen LogP contribution in [0.25, 0.3) is 0 Å². The molecule has 1 fully saturated rings. The fraction of sp³-hybridized carbons (Fsp3) is 0.435. The number of benzene rings is 2. The van der Waals surface area contributed by atoms with Gasteiger partial charge in [0, 0.05) is 39.1 Å². The van der Waals surface area contributed by atoms with Crippen LogP contribution in [0.4, 0.5) is 4.39 Å². The first-order valence-corrected chi connectivity index (χ1v) is 11.0. The maximum Gasteiger partial charge on any atom is 0.237 e. The van der Waals surface area contributed by atoms with Crippen LogP contribution in [-0.2, 0) is 16.1 Å². The lowest BCUT2D eigenvalue weighted by Crippen LogP contribution is -2.40. The van der Waals surface area contributed by atoms with Crippen molar-refractivity contribution in [3.63, 3.8) is 0 Å². The number of aryl methyl sites for hydroxylation is 1. The van der Waals surface area contributed by atoms with Crippen LogP contribution < -0.4 is 0 Å². The maximum absolute atomic E-state index is 13.3. The van der Waals surface area contributed by atoms with Gasteiger partial charge in [0.2, 0.25) is 5.91 Å². The fourth-order valence-electron chi connectivity index (χ4n) is 3.63. The molecule has 2 aromatic carbocycles. The summed E-state index contributed by atoms with van der Waals surface area (Å²) in [4.78, 5) is 17.3. The van der Waals surface area contributed by atoms with Crippen LogP contribution in [0.3, 0.4) is 0 Å². The Hall–Kier alpha value is -1.89. The molecular weight excluding hydrogens is 387 g/mol. The zero-order valence-corrected chi connectivity index (χ0v) is 18.0. The van der Waals surface area contributed by atoms with Crippen LogP contribution in [0.1, 0.15) is 28.5 Å². The number of nitrogens with zero attached hydrogens (tertiary/aromatic N) is 2. The van der Waals surface area contributed by atoms with Gasteiger partial charge < -0.3 is 9.64 Å². The summed E-state index contributed by atoms with van der Waals surface area (Å²) in [5.74, 6) is 0.765. The molecule has 0 N–H and O–H groups in total. The second-order valence-electron chi connectivity index (χ2n) is 7.41. The second-order valence-corrected chi connectivity index (χ2v) is 8.60. The minimum Gasteiger partial charge on any atom is -0.385 e. The van der Waals surface area contributed by atoms with E-state index in [1.807, 2.05) is 4.90 Å². The van der Waals surface area contributed by atoms with E-state index in [2.05, 4.69) is 36.1 Å². The molecule has 1 heterocycles. The van der Waals surface area contributed by atoms with E-state index >= 15 is 0 Å². The average Bonchev–Trinajstić information content (AvgIpc) is 3.19. The smallest absolute Gasteiger partial charge is 0.237 e. The molecule has 1 saturated heterocycles. The summed E-state index contributed by atoms with van der Waals surface area (Å²) in [6.45, 7) is 5.39. The van der Waals surface area contributed by atoms with Crippen molar-refractivity contribution in [2.45, 2.75) is 25.3 Å². The maximum atomic E-state index is 13.3. The lowest BCUT2D eigenvalue weighted by molar-refractivity contribution is -0.132. The van der Waals surface area contributed by atoms with Crippen molar-refractivity contribution in [2.75, 3.05) is 39.1 Å². The van der Waals surface area contributed by atoms with Crippen molar-refractivity contribution in [3.05, 3.63) is 71.0 Å². The van der Waals surface area contributed by atoms with E-state index in [0.717, 1.165) is 37.4 Å². The van der Waals surface area contributed by atoms with Crippen LogP contribution >= 0.6 is 11.8 Å². The summed E-state index contributed by atoms with van der Waals surface area (Å²) >= 11 is 1.74. The van der Waals surface area contributed by atoms with Gasteiger partial charge in [-0.1, -0.05) is 42.0 Å². The molecule has 1 aliphatic rings. The van der Waals surface area contributed by atoms with E-state index < -0.39 is 0 Å². The minimum absolute atomic E-state index is 0.0390. The Balaban J connectivity index is 1.68. The van der Waals surface area contributed by atoms with Crippen molar-refractivity contribution >= 4 is 17.7 Å². The number of methoxy groups -OCH3 is 1. The van der Waals surface area contributed by atoms with Crippen LogP contribution in [0.15, 0.2) is 48.5 Å². The number of ether oxygens (including phenoxy) is 1. The van der Waals surface area contributed by atoms with Gasteiger partial charge in [-0.15, -0.1) is 11.8 Å². The van der Waals surface area contributed by atoms with Gasteiger partial charge >= 0.3 is 0 Å². The zero-order chi connectivity index (χ0) is 20.6. The molecule has 6 heteroatoms. The molecule has 1 aliphatic heterocycles. The standard InChI is InChI=1S/C23H29FN2O2S/c1-18-5-3-6-19(15-18)16-25(11-4-13-28-2)17-22(27)26-12-14-29-23(26)20-7-9-21(24)10-8-20/h3,5-10,15,23H,4,11-14,16-17H2,1-2H3/t23-/m1/s1. The Morgan fingerprint density at radius 1 is 1.28 bits per heavy atom. The van der Waals surface area contributed by atoms with Crippen molar-refractivity contribution < 1.29 is 13.9 Å². The highest BCUT2D eigenvalue weighted by Crippen LogP contribution is 2.37. The number of rotatable bonds is 9. The third-order valence-electron chi connectivity index (χ3n) is 5.04. The Bertz CT molecular complexity index is 800. The molecule has 1 amide bonds. The van der Waals surface area contributed by atoms with Gasteiger partial charge in [-0.05, 0) is 36.6 Å². The van der Waals surface area contributed by atoms with E-state index in [-0.39, 0.29) is 17.1 Å². The van der Waals surface area contributed by atoms with Gasteiger partial charge in [0.15, 0.2) is 0 Å². The highest BCUT2D eigenvalue weighted by molar-refractivity contribution is 7.99. The SMILES string of the molecule is COCCCN(CC(=O)N1CCS[C@@H]1c1ccc(F)cc1)Cc1cccc(C)c1. The van der Waals surface area contributed by atoms with E-state index in [4.69, 9.17) is 4.74 Å².